The third-order valence-electron chi connectivity index (χ3n) is 4.31. The fourth-order valence-corrected chi connectivity index (χ4v) is 2.77. The van der Waals surface area contributed by atoms with Crippen LogP contribution in [0.15, 0.2) is 24.4 Å². The Balaban J connectivity index is 1.88. The largest absolute Gasteiger partial charge is 0.497 e. The van der Waals surface area contributed by atoms with Crippen molar-refractivity contribution >= 4 is 28.9 Å². The van der Waals surface area contributed by atoms with Crippen molar-refractivity contribution < 1.29 is 28.6 Å². The number of fused-ring (bicyclic) bond motifs is 1. The van der Waals surface area contributed by atoms with E-state index in [1.165, 1.54) is 14.2 Å². The van der Waals surface area contributed by atoms with Gasteiger partial charge in [0, 0.05) is 30.1 Å². The molecule has 9 heteroatoms. The molecule has 28 heavy (non-hydrogen) atoms. The number of ether oxygens (including phenoxy) is 3. The Morgan fingerprint density at radius 1 is 1.14 bits per heavy atom. The highest BCUT2D eigenvalue weighted by atomic mass is 16.5. The van der Waals surface area contributed by atoms with Crippen LogP contribution >= 0.6 is 0 Å². The van der Waals surface area contributed by atoms with Crippen LogP contribution in [-0.2, 0) is 25.5 Å². The average Bonchev–Trinajstić information content (AvgIpc) is 3.12. The molecule has 1 heterocycles. The number of urea groups is 1. The van der Waals surface area contributed by atoms with Crippen LogP contribution in [0.4, 0.5) is 4.79 Å². The van der Waals surface area contributed by atoms with Crippen LogP contribution in [0, 0.1) is 0 Å². The highest BCUT2D eigenvalue weighted by Gasteiger charge is 2.22. The van der Waals surface area contributed by atoms with Gasteiger partial charge in [0.25, 0.3) is 0 Å². The number of nitrogens with one attached hydrogen (secondary N) is 3. The molecule has 0 saturated heterocycles. The number of aromatic amines is 1. The second-order valence-corrected chi connectivity index (χ2v) is 6.07. The van der Waals surface area contributed by atoms with Gasteiger partial charge in [0.2, 0.25) is 0 Å². The molecule has 2 amide bonds. The third kappa shape index (κ3) is 5.63. The lowest BCUT2D eigenvalue weighted by Crippen LogP contribution is -2.47. The SMILES string of the molecule is COC(=O)CC[C@H](NC(=O)NCCc1c[nH]c2ccc(OC)cc12)C(=O)OC. The number of benzene rings is 1. The first-order valence-electron chi connectivity index (χ1n) is 8.81. The molecule has 0 aliphatic rings. The summed E-state index contributed by atoms with van der Waals surface area (Å²) in [6.45, 7) is 0.362. The number of H-pyrrole nitrogens is 1. The van der Waals surface area contributed by atoms with Gasteiger partial charge in [-0.1, -0.05) is 0 Å². The monoisotopic (exact) mass is 391 g/mol. The maximum atomic E-state index is 12.1. The van der Waals surface area contributed by atoms with Gasteiger partial charge in [-0.15, -0.1) is 0 Å². The fourth-order valence-electron chi connectivity index (χ4n) is 2.77. The summed E-state index contributed by atoms with van der Waals surface area (Å²) >= 11 is 0. The minimum atomic E-state index is -0.929. The highest BCUT2D eigenvalue weighted by Crippen LogP contribution is 2.23. The molecule has 0 bridgehead atoms. The van der Waals surface area contributed by atoms with Crippen LogP contribution in [0.2, 0.25) is 0 Å². The summed E-state index contributed by atoms with van der Waals surface area (Å²) < 4.78 is 14.5. The van der Waals surface area contributed by atoms with Crippen LogP contribution in [-0.4, -0.2) is 56.9 Å². The number of carbonyl (C=O) groups excluding carboxylic acids is 3. The molecular weight excluding hydrogens is 366 g/mol. The Bertz CT molecular complexity index is 832. The van der Waals surface area contributed by atoms with E-state index in [0.29, 0.717) is 13.0 Å². The molecule has 0 aliphatic carbocycles. The summed E-state index contributed by atoms with van der Waals surface area (Å²) in [5, 5.41) is 6.25. The highest BCUT2D eigenvalue weighted by molar-refractivity contribution is 5.85. The summed E-state index contributed by atoms with van der Waals surface area (Å²) in [6, 6.07) is 4.29. The van der Waals surface area contributed by atoms with E-state index in [-0.39, 0.29) is 12.8 Å². The van der Waals surface area contributed by atoms with Gasteiger partial charge in [-0.05, 0) is 36.6 Å². The predicted octanol–water partition coefficient (Wildman–Crippen LogP) is 1.51. The quantitative estimate of drug-likeness (QED) is 0.558. The van der Waals surface area contributed by atoms with Crippen LogP contribution in [0.25, 0.3) is 10.9 Å². The van der Waals surface area contributed by atoms with E-state index in [2.05, 4.69) is 25.1 Å². The van der Waals surface area contributed by atoms with Gasteiger partial charge in [0.15, 0.2) is 0 Å². The number of hydrogen-bond donors (Lipinski definition) is 3. The predicted molar refractivity (Wildman–Crippen MR) is 102 cm³/mol. The van der Waals surface area contributed by atoms with Crippen LogP contribution in [0.5, 0.6) is 5.75 Å². The van der Waals surface area contributed by atoms with Gasteiger partial charge in [-0.2, -0.15) is 0 Å². The molecule has 1 atom stereocenters. The van der Waals surface area contributed by atoms with E-state index in [4.69, 9.17) is 4.74 Å². The number of esters is 2. The summed E-state index contributed by atoms with van der Waals surface area (Å²) in [4.78, 5) is 38.3. The first-order valence-corrected chi connectivity index (χ1v) is 8.81. The summed E-state index contributed by atoms with van der Waals surface area (Å²) in [7, 11) is 4.09. The lowest BCUT2D eigenvalue weighted by Gasteiger charge is -2.16. The number of methoxy groups -OCH3 is 3. The van der Waals surface area contributed by atoms with Crippen LogP contribution in [0.1, 0.15) is 18.4 Å². The van der Waals surface area contributed by atoms with Crippen molar-refractivity contribution in [2.45, 2.75) is 25.3 Å². The first kappa shape index (κ1) is 21.1. The van der Waals surface area contributed by atoms with Gasteiger partial charge in [0.1, 0.15) is 11.8 Å². The maximum absolute atomic E-state index is 12.1. The van der Waals surface area contributed by atoms with E-state index < -0.39 is 24.0 Å². The Morgan fingerprint density at radius 2 is 1.93 bits per heavy atom. The number of carbonyl (C=O) groups is 3. The lowest BCUT2D eigenvalue weighted by atomic mass is 10.1. The molecule has 0 unspecified atom stereocenters. The van der Waals surface area contributed by atoms with Crippen molar-refractivity contribution in [2.75, 3.05) is 27.9 Å². The number of rotatable bonds is 9. The molecule has 0 aliphatic heterocycles. The minimum absolute atomic E-state index is 0.00623. The van der Waals surface area contributed by atoms with E-state index >= 15 is 0 Å². The molecule has 1 aromatic carbocycles. The van der Waals surface area contributed by atoms with Crippen molar-refractivity contribution in [3.05, 3.63) is 30.0 Å². The second kappa shape index (κ2) is 10.2. The smallest absolute Gasteiger partial charge is 0.328 e. The Morgan fingerprint density at radius 3 is 2.61 bits per heavy atom. The zero-order valence-electron chi connectivity index (χ0n) is 16.2. The molecule has 0 radical (unpaired) electrons. The van der Waals surface area contributed by atoms with Gasteiger partial charge in [-0.3, -0.25) is 4.79 Å². The zero-order chi connectivity index (χ0) is 20.5. The van der Waals surface area contributed by atoms with E-state index in [1.54, 1.807) is 7.11 Å². The van der Waals surface area contributed by atoms with Crippen molar-refractivity contribution in [3.8, 4) is 5.75 Å². The van der Waals surface area contributed by atoms with Crippen molar-refractivity contribution in [1.82, 2.24) is 15.6 Å². The second-order valence-electron chi connectivity index (χ2n) is 6.07. The molecule has 0 saturated carbocycles. The van der Waals surface area contributed by atoms with Crippen molar-refractivity contribution in [2.24, 2.45) is 0 Å². The van der Waals surface area contributed by atoms with Gasteiger partial charge in [-0.25, -0.2) is 9.59 Å². The molecular formula is C19H25N3O6. The Labute approximate surface area is 162 Å². The van der Waals surface area contributed by atoms with Gasteiger partial charge >= 0.3 is 18.0 Å². The van der Waals surface area contributed by atoms with Crippen LogP contribution in [0.3, 0.4) is 0 Å². The first-order chi connectivity index (χ1) is 13.5. The fraction of sp³-hybridized carbons (Fsp3) is 0.421. The minimum Gasteiger partial charge on any atom is -0.497 e. The van der Waals surface area contributed by atoms with Crippen molar-refractivity contribution in [1.29, 1.82) is 0 Å². The molecule has 0 fully saturated rings. The Hall–Kier alpha value is -3.23. The third-order valence-corrected chi connectivity index (χ3v) is 4.31. The van der Waals surface area contributed by atoms with Crippen molar-refractivity contribution in [3.63, 3.8) is 0 Å². The van der Waals surface area contributed by atoms with Crippen LogP contribution < -0.4 is 15.4 Å². The maximum Gasteiger partial charge on any atom is 0.328 e. The van der Waals surface area contributed by atoms with E-state index in [9.17, 15) is 14.4 Å². The standard InChI is InChI=1S/C19H25N3O6/c1-26-13-4-5-15-14(10-13)12(11-21-15)8-9-20-19(25)22-16(18(24)28-3)6-7-17(23)27-2/h4-5,10-11,16,21H,6-9H2,1-3H3,(H2,20,22,25)/t16-/m0/s1. The number of hydrogen-bond acceptors (Lipinski definition) is 6. The molecule has 9 nitrogen and oxygen atoms in total. The lowest BCUT2D eigenvalue weighted by molar-refractivity contribution is -0.144. The zero-order valence-corrected chi connectivity index (χ0v) is 16.2. The Kier molecular flexibility index (Phi) is 7.67. The number of aromatic nitrogens is 1. The summed E-state index contributed by atoms with van der Waals surface area (Å²) in [5.74, 6) is -0.334. The van der Waals surface area contributed by atoms with E-state index in [0.717, 1.165) is 22.2 Å². The molecule has 2 rings (SSSR count). The topological polar surface area (TPSA) is 119 Å². The molecule has 1 aromatic heterocycles. The molecule has 3 N–H and O–H groups in total. The summed E-state index contributed by atoms with van der Waals surface area (Å²) in [5.41, 5.74) is 2.01. The molecule has 152 valence electrons. The normalized spacial score (nSPS) is 11.5. The van der Waals surface area contributed by atoms with E-state index in [1.807, 2.05) is 24.4 Å². The molecule has 2 aromatic rings. The van der Waals surface area contributed by atoms with Gasteiger partial charge < -0.3 is 29.8 Å². The summed E-state index contributed by atoms with van der Waals surface area (Å²) in [6.07, 6.45) is 2.56. The molecule has 0 spiro atoms. The number of amides is 2. The average molecular weight is 391 g/mol. The van der Waals surface area contributed by atoms with Gasteiger partial charge in [0.05, 0.1) is 21.3 Å².